The second-order valence-electron chi connectivity index (χ2n) is 4.47. The summed E-state index contributed by atoms with van der Waals surface area (Å²) in [6.07, 6.45) is 0. The van der Waals surface area contributed by atoms with Crippen LogP contribution in [-0.2, 0) is 4.79 Å². The predicted molar refractivity (Wildman–Crippen MR) is 62.0 cm³/mol. The predicted octanol–water partition coefficient (Wildman–Crippen LogP) is 1.45. The molecule has 1 fully saturated rings. The Bertz CT molecular complexity index is 473. The first-order chi connectivity index (χ1) is 8.00. The number of carbonyl (C=O) groups excluding carboxylic acids is 1. The SMILES string of the molecule is Cc1cccc([C@H]2NC(=O)C(C)[C@@H]2[N+](=O)[O-])c1. The Morgan fingerprint density at radius 1 is 1.41 bits per heavy atom. The summed E-state index contributed by atoms with van der Waals surface area (Å²) in [5.41, 5.74) is 1.82. The minimum atomic E-state index is -0.885. The normalized spacial score (nSPS) is 27.9. The van der Waals surface area contributed by atoms with Gasteiger partial charge in [-0.05, 0) is 19.4 Å². The number of aryl methyl sites for hydroxylation is 1. The molecule has 1 saturated heterocycles. The maximum atomic E-state index is 11.5. The first-order valence-electron chi connectivity index (χ1n) is 5.51. The van der Waals surface area contributed by atoms with E-state index in [1.165, 1.54) is 0 Å². The average Bonchev–Trinajstić information content (AvgIpc) is 2.55. The second-order valence-corrected chi connectivity index (χ2v) is 4.47. The number of nitrogens with one attached hydrogen (secondary N) is 1. The van der Waals surface area contributed by atoms with Crippen LogP contribution in [0.2, 0.25) is 0 Å². The molecule has 0 radical (unpaired) electrons. The molecule has 1 aromatic rings. The quantitative estimate of drug-likeness (QED) is 0.621. The largest absolute Gasteiger partial charge is 0.342 e. The molecular weight excluding hydrogens is 220 g/mol. The third-order valence-electron chi connectivity index (χ3n) is 3.21. The summed E-state index contributed by atoms with van der Waals surface area (Å²) in [6, 6.07) is 6.05. The van der Waals surface area contributed by atoms with Crippen LogP contribution in [0, 0.1) is 23.0 Å². The molecule has 1 aromatic carbocycles. The zero-order valence-corrected chi connectivity index (χ0v) is 9.71. The molecule has 5 nitrogen and oxygen atoms in total. The van der Waals surface area contributed by atoms with Crippen LogP contribution in [0.3, 0.4) is 0 Å². The van der Waals surface area contributed by atoms with Gasteiger partial charge in [0.2, 0.25) is 11.9 Å². The molecule has 0 spiro atoms. The summed E-state index contributed by atoms with van der Waals surface area (Å²) in [6.45, 7) is 3.52. The fourth-order valence-corrected chi connectivity index (χ4v) is 2.26. The summed E-state index contributed by atoms with van der Waals surface area (Å²) in [5, 5.41) is 13.7. The van der Waals surface area contributed by atoms with Crippen molar-refractivity contribution in [3.8, 4) is 0 Å². The van der Waals surface area contributed by atoms with Crippen molar-refractivity contribution in [3.63, 3.8) is 0 Å². The summed E-state index contributed by atoms with van der Waals surface area (Å²) >= 11 is 0. The molecule has 1 heterocycles. The van der Waals surface area contributed by atoms with Gasteiger partial charge in [-0.1, -0.05) is 29.8 Å². The number of hydrogen-bond donors (Lipinski definition) is 1. The Balaban J connectivity index is 2.38. The molecule has 90 valence electrons. The van der Waals surface area contributed by atoms with E-state index in [1.807, 2.05) is 31.2 Å². The van der Waals surface area contributed by atoms with Crippen LogP contribution in [-0.4, -0.2) is 16.9 Å². The zero-order valence-electron chi connectivity index (χ0n) is 9.71. The molecule has 17 heavy (non-hydrogen) atoms. The molecule has 0 bridgehead atoms. The van der Waals surface area contributed by atoms with E-state index in [2.05, 4.69) is 5.32 Å². The lowest BCUT2D eigenvalue weighted by Gasteiger charge is -2.14. The van der Waals surface area contributed by atoms with Crippen molar-refractivity contribution in [2.45, 2.75) is 25.9 Å². The zero-order chi connectivity index (χ0) is 12.6. The van der Waals surface area contributed by atoms with Gasteiger partial charge >= 0.3 is 0 Å². The average molecular weight is 234 g/mol. The molecule has 5 heteroatoms. The van der Waals surface area contributed by atoms with Crippen LogP contribution in [0.25, 0.3) is 0 Å². The van der Waals surface area contributed by atoms with Crippen LogP contribution < -0.4 is 5.32 Å². The number of nitrogens with zero attached hydrogens (tertiary/aromatic N) is 1. The van der Waals surface area contributed by atoms with E-state index in [0.717, 1.165) is 11.1 Å². The molecule has 1 unspecified atom stereocenters. The second kappa shape index (κ2) is 4.16. The maximum absolute atomic E-state index is 11.5. The number of amides is 1. The molecule has 1 N–H and O–H groups in total. The van der Waals surface area contributed by atoms with Gasteiger partial charge in [-0.2, -0.15) is 0 Å². The van der Waals surface area contributed by atoms with Gasteiger partial charge in [-0.3, -0.25) is 14.9 Å². The fraction of sp³-hybridized carbons (Fsp3) is 0.417. The Kier molecular flexibility index (Phi) is 2.83. The number of rotatable bonds is 2. The number of carbonyl (C=O) groups is 1. The Hall–Kier alpha value is -1.91. The van der Waals surface area contributed by atoms with Crippen molar-refractivity contribution in [2.24, 2.45) is 5.92 Å². The lowest BCUT2D eigenvalue weighted by Crippen LogP contribution is -2.30. The highest BCUT2D eigenvalue weighted by molar-refractivity contribution is 5.82. The summed E-state index contributed by atoms with van der Waals surface area (Å²) in [7, 11) is 0. The molecule has 1 aliphatic rings. The van der Waals surface area contributed by atoms with Crippen molar-refractivity contribution in [2.75, 3.05) is 0 Å². The number of nitro groups is 1. The fourth-order valence-electron chi connectivity index (χ4n) is 2.26. The third kappa shape index (κ3) is 2.00. The highest BCUT2D eigenvalue weighted by Crippen LogP contribution is 2.30. The smallest absolute Gasteiger partial charge is 0.248 e. The highest BCUT2D eigenvalue weighted by atomic mass is 16.6. The van der Waals surface area contributed by atoms with Gasteiger partial charge in [0.25, 0.3) is 0 Å². The Morgan fingerprint density at radius 2 is 2.12 bits per heavy atom. The number of benzene rings is 1. The van der Waals surface area contributed by atoms with Gasteiger partial charge in [0, 0.05) is 4.92 Å². The lowest BCUT2D eigenvalue weighted by atomic mass is 9.95. The van der Waals surface area contributed by atoms with E-state index in [1.54, 1.807) is 6.92 Å². The van der Waals surface area contributed by atoms with E-state index < -0.39 is 18.0 Å². The van der Waals surface area contributed by atoms with E-state index in [9.17, 15) is 14.9 Å². The minimum Gasteiger partial charge on any atom is -0.342 e. The summed E-state index contributed by atoms with van der Waals surface area (Å²) < 4.78 is 0. The molecule has 0 aliphatic carbocycles. The van der Waals surface area contributed by atoms with Crippen molar-refractivity contribution >= 4 is 5.91 Å². The molecule has 2 rings (SSSR count). The minimum absolute atomic E-state index is 0.252. The highest BCUT2D eigenvalue weighted by Gasteiger charge is 2.48. The van der Waals surface area contributed by atoms with Gasteiger partial charge in [0.05, 0.1) is 0 Å². The Labute approximate surface area is 99.0 Å². The van der Waals surface area contributed by atoms with E-state index in [0.29, 0.717) is 0 Å². The van der Waals surface area contributed by atoms with Crippen molar-refractivity contribution < 1.29 is 9.72 Å². The van der Waals surface area contributed by atoms with Gasteiger partial charge < -0.3 is 5.32 Å². The molecule has 0 aromatic heterocycles. The standard InChI is InChI=1S/C12H14N2O3/c1-7-4-3-5-9(6-7)10-11(14(16)17)8(2)12(15)13-10/h3-6,8,10-11H,1-2H3,(H,13,15)/t8?,10-,11+/m1/s1. The van der Waals surface area contributed by atoms with Crippen molar-refractivity contribution in [1.82, 2.24) is 5.32 Å². The molecular formula is C12H14N2O3. The van der Waals surface area contributed by atoms with Gasteiger partial charge in [0.1, 0.15) is 12.0 Å². The van der Waals surface area contributed by atoms with Crippen LogP contribution >= 0.6 is 0 Å². The first kappa shape index (κ1) is 11.6. The van der Waals surface area contributed by atoms with Gasteiger partial charge in [-0.15, -0.1) is 0 Å². The van der Waals surface area contributed by atoms with Crippen LogP contribution in [0.1, 0.15) is 24.1 Å². The van der Waals surface area contributed by atoms with Gasteiger partial charge in [-0.25, -0.2) is 0 Å². The third-order valence-corrected chi connectivity index (χ3v) is 3.21. The topological polar surface area (TPSA) is 72.2 Å². The summed E-state index contributed by atoms with van der Waals surface area (Å²) in [4.78, 5) is 22.2. The van der Waals surface area contributed by atoms with E-state index in [-0.39, 0.29) is 10.8 Å². The summed E-state index contributed by atoms with van der Waals surface area (Å²) in [5.74, 6) is -0.839. The maximum Gasteiger partial charge on any atom is 0.248 e. The van der Waals surface area contributed by atoms with Crippen LogP contribution in [0.5, 0.6) is 0 Å². The number of hydrogen-bond acceptors (Lipinski definition) is 3. The van der Waals surface area contributed by atoms with E-state index >= 15 is 0 Å². The molecule has 3 atom stereocenters. The first-order valence-corrected chi connectivity index (χ1v) is 5.51. The Morgan fingerprint density at radius 3 is 2.71 bits per heavy atom. The van der Waals surface area contributed by atoms with Crippen molar-refractivity contribution in [3.05, 3.63) is 45.5 Å². The molecule has 1 aliphatic heterocycles. The molecule has 0 saturated carbocycles. The monoisotopic (exact) mass is 234 g/mol. The molecule has 1 amide bonds. The van der Waals surface area contributed by atoms with E-state index in [4.69, 9.17) is 0 Å². The van der Waals surface area contributed by atoms with Crippen LogP contribution in [0.4, 0.5) is 0 Å². The lowest BCUT2D eigenvalue weighted by molar-refractivity contribution is -0.530. The van der Waals surface area contributed by atoms with Crippen LogP contribution in [0.15, 0.2) is 24.3 Å². The van der Waals surface area contributed by atoms with Gasteiger partial charge in [0.15, 0.2) is 0 Å². The van der Waals surface area contributed by atoms with Crippen molar-refractivity contribution in [1.29, 1.82) is 0 Å².